The molecule has 0 spiro atoms. The Bertz CT molecular complexity index is 1290. The number of nitrogens with one attached hydrogen (secondary N) is 1. The van der Waals surface area contributed by atoms with Gasteiger partial charge >= 0.3 is 0 Å². The molecule has 2 amide bonds. The van der Waals surface area contributed by atoms with Gasteiger partial charge < -0.3 is 10.2 Å². The normalized spacial score (nSPS) is 15.6. The predicted octanol–water partition coefficient (Wildman–Crippen LogP) is 4.85. The molecule has 2 aromatic carbocycles. The molecule has 7 nitrogen and oxygen atoms in total. The standard InChI is InChI=1S/C24H21N5O2S2/c1-16-14-21(30)25-18-10-5-6-11-19(18)28(16)22(31)15-33-24-27-26-23(20-12-7-13-32-20)29(24)17-8-3-2-4-9-17/h2-13,16H,14-15H2,1H3,(H,25,30). The van der Waals surface area contributed by atoms with Crippen molar-refractivity contribution < 1.29 is 9.59 Å². The lowest BCUT2D eigenvalue weighted by Gasteiger charge is -2.27. The molecule has 2 aromatic heterocycles. The summed E-state index contributed by atoms with van der Waals surface area (Å²) in [6.45, 7) is 1.89. The number of carbonyl (C=O) groups is 2. The van der Waals surface area contributed by atoms with Crippen molar-refractivity contribution in [3.63, 3.8) is 0 Å². The van der Waals surface area contributed by atoms with Gasteiger partial charge in [0.15, 0.2) is 11.0 Å². The molecule has 33 heavy (non-hydrogen) atoms. The van der Waals surface area contributed by atoms with Crippen LogP contribution < -0.4 is 10.2 Å². The first-order valence-corrected chi connectivity index (χ1v) is 12.4. The molecule has 5 rings (SSSR count). The largest absolute Gasteiger partial charge is 0.324 e. The minimum atomic E-state index is -0.254. The Morgan fingerprint density at radius 3 is 2.67 bits per heavy atom. The maximum absolute atomic E-state index is 13.4. The smallest absolute Gasteiger partial charge is 0.237 e. The first-order chi connectivity index (χ1) is 16.1. The number of hydrogen-bond acceptors (Lipinski definition) is 6. The van der Waals surface area contributed by atoms with Gasteiger partial charge in [0.25, 0.3) is 0 Å². The summed E-state index contributed by atoms with van der Waals surface area (Å²) in [4.78, 5) is 28.4. The van der Waals surface area contributed by atoms with E-state index in [4.69, 9.17) is 0 Å². The molecule has 166 valence electrons. The highest BCUT2D eigenvalue weighted by Crippen LogP contribution is 2.34. The van der Waals surface area contributed by atoms with Crippen molar-refractivity contribution in [2.45, 2.75) is 24.5 Å². The zero-order chi connectivity index (χ0) is 22.8. The number of aromatic nitrogens is 3. The molecule has 0 saturated heterocycles. The molecule has 1 atom stereocenters. The van der Waals surface area contributed by atoms with Gasteiger partial charge in [-0.05, 0) is 42.6 Å². The van der Waals surface area contributed by atoms with Crippen LogP contribution in [0, 0.1) is 0 Å². The lowest BCUT2D eigenvalue weighted by Crippen LogP contribution is -2.40. The molecule has 1 aliphatic rings. The summed E-state index contributed by atoms with van der Waals surface area (Å²) in [5.74, 6) is 0.732. The number of para-hydroxylation sites is 3. The predicted molar refractivity (Wildman–Crippen MR) is 132 cm³/mol. The van der Waals surface area contributed by atoms with Crippen molar-refractivity contribution in [1.82, 2.24) is 14.8 Å². The highest BCUT2D eigenvalue weighted by molar-refractivity contribution is 7.99. The number of anilines is 2. The third kappa shape index (κ3) is 4.29. The average Bonchev–Trinajstić information content (AvgIpc) is 3.47. The fourth-order valence-electron chi connectivity index (χ4n) is 3.90. The van der Waals surface area contributed by atoms with Crippen LogP contribution in [0.15, 0.2) is 77.3 Å². The Balaban J connectivity index is 1.44. The van der Waals surface area contributed by atoms with E-state index in [1.165, 1.54) is 11.8 Å². The first-order valence-electron chi connectivity index (χ1n) is 10.5. The van der Waals surface area contributed by atoms with Crippen molar-refractivity contribution in [1.29, 1.82) is 0 Å². The van der Waals surface area contributed by atoms with Gasteiger partial charge in [0.05, 0.1) is 22.0 Å². The van der Waals surface area contributed by atoms with Crippen molar-refractivity contribution in [3.05, 3.63) is 72.1 Å². The Kier molecular flexibility index (Phi) is 5.97. The van der Waals surface area contributed by atoms with Gasteiger partial charge in [-0.1, -0.05) is 48.2 Å². The summed E-state index contributed by atoms with van der Waals surface area (Å²) in [6, 6.07) is 21.0. The summed E-state index contributed by atoms with van der Waals surface area (Å²) in [5, 5.41) is 14.4. The van der Waals surface area contributed by atoms with Gasteiger partial charge in [0.1, 0.15) is 0 Å². The molecule has 0 bridgehead atoms. The van der Waals surface area contributed by atoms with Crippen LogP contribution in [0.1, 0.15) is 13.3 Å². The van der Waals surface area contributed by atoms with E-state index in [0.29, 0.717) is 16.5 Å². The number of rotatable bonds is 5. The Hall–Kier alpha value is -3.43. The van der Waals surface area contributed by atoms with E-state index >= 15 is 0 Å². The van der Waals surface area contributed by atoms with Gasteiger partial charge in [0.2, 0.25) is 11.8 Å². The first kappa shape index (κ1) is 21.4. The third-order valence-electron chi connectivity index (χ3n) is 5.34. The lowest BCUT2D eigenvalue weighted by molar-refractivity contribution is -0.117. The van der Waals surface area contributed by atoms with Crippen LogP contribution in [0.2, 0.25) is 0 Å². The van der Waals surface area contributed by atoms with Crippen LogP contribution in [-0.2, 0) is 9.59 Å². The second-order valence-electron chi connectivity index (χ2n) is 7.63. The Morgan fingerprint density at radius 1 is 1.09 bits per heavy atom. The van der Waals surface area contributed by atoms with Crippen molar-refractivity contribution >= 4 is 46.3 Å². The summed E-state index contributed by atoms with van der Waals surface area (Å²) in [5.41, 5.74) is 2.30. The third-order valence-corrected chi connectivity index (χ3v) is 7.12. The minimum Gasteiger partial charge on any atom is -0.324 e. The molecule has 3 heterocycles. The molecule has 0 aliphatic carbocycles. The number of benzene rings is 2. The average molecular weight is 476 g/mol. The van der Waals surface area contributed by atoms with Crippen LogP contribution in [0.5, 0.6) is 0 Å². The van der Waals surface area contributed by atoms with Crippen LogP contribution in [0.3, 0.4) is 0 Å². The van der Waals surface area contributed by atoms with Crippen molar-refractivity contribution in [2.75, 3.05) is 16.0 Å². The Morgan fingerprint density at radius 2 is 1.88 bits per heavy atom. The van der Waals surface area contributed by atoms with Gasteiger partial charge in [-0.3, -0.25) is 14.2 Å². The van der Waals surface area contributed by atoms with E-state index in [1.807, 2.05) is 83.6 Å². The summed E-state index contributed by atoms with van der Waals surface area (Å²) in [7, 11) is 0. The van der Waals surface area contributed by atoms with Crippen LogP contribution in [-0.4, -0.2) is 38.4 Å². The Labute approximate surface area is 199 Å². The SMILES string of the molecule is CC1CC(=O)Nc2ccccc2N1C(=O)CSc1nnc(-c2cccs2)n1-c1ccccc1. The van der Waals surface area contributed by atoms with Crippen LogP contribution in [0.4, 0.5) is 11.4 Å². The quantitative estimate of drug-likeness (QED) is 0.417. The maximum Gasteiger partial charge on any atom is 0.237 e. The number of carbonyl (C=O) groups excluding carboxylic acids is 2. The maximum atomic E-state index is 13.4. The molecule has 1 unspecified atom stereocenters. The van der Waals surface area contributed by atoms with Crippen molar-refractivity contribution in [3.8, 4) is 16.4 Å². The van der Waals surface area contributed by atoms with Gasteiger partial charge in [-0.15, -0.1) is 21.5 Å². The highest BCUT2D eigenvalue weighted by Gasteiger charge is 2.30. The number of hydrogen-bond donors (Lipinski definition) is 1. The van der Waals surface area contributed by atoms with E-state index in [0.717, 1.165) is 16.4 Å². The zero-order valence-electron chi connectivity index (χ0n) is 17.8. The monoisotopic (exact) mass is 475 g/mol. The van der Waals surface area contributed by atoms with E-state index in [1.54, 1.807) is 16.2 Å². The molecular weight excluding hydrogens is 454 g/mol. The number of fused-ring (bicyclic) bond motifs is 1. The number of thioether (sulfide) groups is 1. The molecule has 4 aromatic rings. The van der Waals surface area contributed by atoms with Crippen LogP contribution in [0.25, 0.3) is 16.4 Å². The van der Waals surface area contributed by atoms with E-state index < -0.39 is 0 Å². The highest BCUT2D eigenvalue weighted by atomic mass is 32.2. The second-order valence-corrected chi connectivity index (χ2v) is 9.52. The molecule has 1 aliphatic heterocycles. The summed E-state index contributed by atoms with van der Waals surface area (Å²) in [6.07, 6.45) is 0.244. The number of thiophene rings is 1. The van der Waals surface area contributed by atoms with E-state index in [9.17, 15) is 9.59 Å². The van der Waals surface area contributed by atoms with E-state index in [-0.39, 0.29) is 30.0 Å². The van der Waals surface area contributed by atoms with Gasteiger partial charge in [0, 0.05) is 18.2 Å². The molecule has 0 radical (unpaired) electrons. The van der Waals surface area contributed by atoms with Crippen molar-refractivity contribution in [2.24, 2.45) is 0 Å². The summed E-state index contributed by atoms with van der Waals surface area (Å²) < 4.78 is 1.98. The second kappa shape index (κ2) is 9.21. The van der Waals surface area contributed by atoms with Gasteiger partial charge in [-0.25, -0.2) is 0 Å². The fraction of sp³-hybridized carbons (Fsp3) is 0.167. The number of nitrogens with zero attached hydrogens (tertiary/aromatic N) is 4. The topological polar surface area (TPSA) is 80.1 Å². The lowest BCUT2D eigenvalue weighted by atomic mass is 10.2. The molecule has 9 heteroatoms. The molecular formula is C24H21N5O2S2. The van der Waals surface area contributed by atoms with Gasteiger partial charge in [-0.2, -0.15) is 0 Å². The summed E-state index contributed by atoms with van der Waals surface area (Å²) >= 11 is 2.94. The number of amides is 2. The fourth-order valence-corrected chi connectivity index (χ4v) is 5.41. The zero-order valence-corrected chi connectivity index (χ0v) is 19.5. The minimum absolute atomic E-state index is 0.0864. The van der Waals surface area contributed by atoms with Crippen LogP contribution >= 0.6 is 23.1 Å². The molecule has 0 saturated carbocycles. The van der Waals surface area contributed by atoms with E-state index in [2.05, 4.69) is 15.5 Å². The molecule has 0 fully saturated rings. The molecule has 1 N–H and O–H groups in total.